The van der Waals surface area contributed by atoms with Crippen LogP contribution in [0.15, 0.2) is 0 Å². The van der Waals surface area contributed by atoms with Crippen molar-refractivity contribution in [3.05, 3.63) is 0 Å². The van der Waals surface area contributed by atoms with Crippen molar-refractivity contribution in [3.63, 3.8) is 0 Å². The summed E-state index contributed by atoms with van der Waals surface area (Å²) < 4.78 is 0. The average Bonchev–Trinajstić information content (AvgIpc) is 2.82. The van der Waals surface area contributed by atoms with Gasteiger partial charge in [-0.25, -0.2) is 0 Å². The van der Waals surface area contributed by atoms with Gasteiger partial charge in [-0.1, -0.05) is 136 Å². The number of aliphatic hydroxyl groups is 1. The van der Waals surface area contributed by atoms with Crippen LogP contribution in [0, 0.1) is 0 Å². The molecule has 0 spiro atoms. The summed E-state index contributed by atoms with van der Waals surface area (Å²) in [5, 5.41) is 10.1. The summed E-state index contributed by atoms with van der Waals surface area (Å²) in [6.45, 7) is 4.49. The minimum absolute atomic E-state index is 0.0881. The van der Waals surface area contributed by atoms with Gasteiger partial charge in [0, 0.05) is 12.8 Å². The molecule has 0 fully saturated rings. The van der Waals surface area contributed by atoms with Crippen molar-refractivity contribution in [2.24, 2.45) is 0 Å². The first-order chi connectivity index (χ1) is 16.6. The van der Waals surface area contributed by atoms with Gasteiger partial charge < -0.3 is 5.11 Å². The molecule has 0 aliphatic heterocycles. The maximum atomic E-state index is 12.0. The Morgan fingerprint density at radius 2 is 0.765 bits per heavy atom. The molecule has 1 unspecified atom stereocenters. The van der Waals surface area contributed by atoms with Gasteiger partial charge in [-0.2, -0.15) is 0 Å². The standard InChI is InChI=1S/C31H60O3/c1-3-5-7-9-11-12-13-14-15-16-17-19-21-26-30(33)28-31(34)27-23-22-25-29(32)24-20-18-10-8-6-4-2/h29,32H,3-28H2,1-2H3. The minimum atomic E-state index is -0.224. The molecule has 0 amide bonds. The molecule has 0 radical (unpaired) electrons. The molecule has 0 bridgehead atoms. The number of unbranched alkanes of at least 4 members (excludes halogenated alkanes) is 18. The zero-order valence-corrected chi connectivity index (χ0v) is 23.2. The van der Waals surface area contributed by atoms with Crippen LogP contribution in [0.25, 0.3) is 0 Å². The van der Waals surface area contributed by atoms with Gasteiger partial charge in [-0.15, -0.1) is 0 Å². The van der Waals surface area contributed by atoms with Gasteiger partial charge >= 0.3 is 0 Å². The molecule has 0 rings (SSSR count). The highest BCUT2D eigenvalue weighted by molar-refractivity contribution is 5.98. The predicted molar refractivity (Wildman–Crippen MR) is 147 cm³/mol. The Hall–Kier alpha value is -0.700. The summed E-state index contributed by atoms with van der Waals surface area (Å²) in [6, 6.07) is 0. The van der Waals surface area contributed by atoms with Crippen LogP contribution in [0.4, 0.5) is 0 Å². The number of aliphatic hydroxyl groups excluding tert-OH is 1. The van der Waals surface area contributed by atoms with Gasteiger partial charge in [0.1, 0.15) is 11.6 Å². The average molecular weight is 481 g/mol. The van der Waals surface area contributed by atoms with E-state index in [4.69, 9.17) is 0 Å². The van der Waals surface area contributed by atoms with E-state index in [-0.39, 0.29) is 24.1 Å². The Bertz CT molecular complexity index is 446. The molecule has 1 atom stereocenters. The Morgan fingerprint density at radius 1 is 0.471 bits per heavy atom. The second kappa shape index (κ2) is 26.9. The highest BCUT2D eigenvalue weighted by atomic mass is 16.3. The Kier molecular flexibility index (Phi) is 26.3. The Morgan fingerprint density at radius 3 is 1.18 bits per heavy atom. The largest absolute Gasteiger partial charge is 0.393 e. The lowest BCUT2D eigenvalue weighted by molar-refractivity contribution is -0.127. The van der Waals surface area contributed by atoms with E-state index in [9.17, 15) is 14.7 Å². The molecule has 34 heavy (non-hydrogen) atoms. The lowest BCUT2D eigenvalue weighted by atomic mass is 10.0. The van der Waals surface area contributed by atoms with Crippen molar-refractivity contribution in [1.29, 1.82) is 0 Å². The van der Waals surface area contributed by atoms with Crippen molar-refractivity contribution < 1.29 is 14.7 Å². The summed E-state index contributed by atoms with van der Waals surface area (Å²) in [6.07, 6.45) is 28.8. The van der Waals surface area contributed by atoms with Crippen molar-refractivity contribution in [1.82, 2.24) is 0 Å². The van der Waals surface area contributed by atoms with Gasteiger partial charge in [0.25, 0.3) is 0 Å². The van der Waals surface area contributed by atoms with E-state index >= 15 is 0 Å². The monoisotopic (exact) mass is 480 g/mol. The van der Waals surface area contributed by atoms with Crippen LogP contribution in [0.1, 0.15) is 181 Å². The number of rotatable bonds is 28. The van der Waals surface area contributed by atoms with E-state index in [2.05, 4.69) is 13.8 Å². The fraction of sp³-hybridized carbons (Fsp3) is 0.935. The molecule has 0 aromatic heterocycles. The topological polar surface area (TPSA) is 54.4 Å². The van der Waals surface area contributed by atoms with Crippen molar-refractivity contribution in [2.75, 3.05) is 0 Å². The van der Waals surface area contributed by atoms with Crippen molar-refractivity contribution >= 4 is 11.6 Å². The van der Waals surface area contributed by atoms with Gasteiger partial charge in [-0.3, -0.25) is 9.59 Å². The zero-order valence-electron chi connectivity index (χ0n) is 23.2. The zero-order chi connectivity index (χ0) is 25.1. The first-order valence-corrected chi connectivity index (χ1v) is 15.3. The summed E-state index contributed by atoms with van der Waals surface area (Å²) in [4.78, 5) is 24.1. The van der Waals surface area contributed by atoms with Gasteiger partial charge in [0.05, 0.1) is 12.5 Å². The minimum Gasteiger partial charge on any atom is -0.393 e. The lowest BCUT2D eigenvalue weighted by Gasteiger charge is -2.10. The molecule has 3 nitrogen and oxygen atoms in total. The highest BCUT2D eigenvalue weighted by Crippen LogP contribution is 2.15. The lowest BCUT2D eigenvalue weighted by Crippen LogP contribution is -2.09. The third-order valence-electron chi connectivity index (χ3n) is 7.09. The maximum Gasteiger partial charge on any atom is 0.140 e. The fourth-order valence-corrected chi connectivity index (χ4v) is 4.74. The number of carbonyl (C=O) groups excluding carboxylic acids is 2. The highest BCUT2D eigenvalue weighted by Gasteiger charge is 2.10. The molecule has 0 aliphatic rings. The number of carbonyl (C=O) groups is 2. The van der Waals surface area contributed by atoms with Crippen LogP contribution >= 0.6 is 0 Å². The molecule has 0 aromatic rings. The summed E-state index contributed by atoms with van der Waals surface area (Å²) in [7, 11) is 0. The number of Topliss-reactive ketones (excluding diaryl/α,β-unsaturated/α-hetero) is 2. The molecule has 0 aliphatic carbocycles. The molecule has 202 valence electrons. The SMILES string of the molecule is CCCCCCCCCCCCCCCC(=O)CC(=O)CCCCC(O)CCCCCCCC. The quantitative estimate of drug-likeness (QED) is 0.0895. The molecule has 1 N–H and O–H groups in total. The van der Waals surface area contributed by atoms with Gasteiger partial charge in [0.15, 0.2) is 0 Å². The Balaban J connectivity index is 3.40. The van der Waals surface area contributed by atoms with E-state index in [1.165, 1.54) is 103 Å². The second-order valence-electron chi connectivity index (χ2n) is 10.7. The Labute approximate surface area is 213 Å². The van der Waals surface area contributed by atoms with Crippen molar-refractivity contribution in [3.8, 4) is 0 Å². The first kappa shape index (κ1) is 33.3. The van der Waals surface area contributed by atoms with E-state index in [0.717, 1.165) is 44.9 Å². The molecule has 0 saturated heterocycles. The number of ketones is 2. The third-order valence-corrected chi connectivity index (χ3v) is 7.09. The smallest absolute Gasteiger partial charge is 0.140 e. The normalized spacial score (nSPS) is 12.2. The first-order valence-electron chi connectivity index (χ1n) is 15.3. The maximum absolute atomic E-state index is 12.0. The molecular weight excluding hydrogens is 420 g/mol. The summed E-state index contributed by atoms with van der Waals surface area (Å²) in [5.41, 5.74) is 0. The van der Waals surface area contributed by atoms with E-state index in [1.807, 2.05) is 0 Å². The fourth-order valence-electron chi connectivity index (χ4n) is 4.74. The van der Waals surface area contributed by atoms with Crippen LogP contribution in [0.2, 0.25) is 0 Å². The molecule has 0 saturated carbocycles. The van der Waals surface area contributed by atoms with E-state index < -0.39 is 0 Å². The number of hydrogen-bond donors (Lipinski definition) is 1. The molecule has 3 heteroatoms. The van der Waals surface area contributed by atoms with E-state index in [1.54, 1.807) is 0 Å². The second-order valence-corrected chi connectivity index (χ2v) is 10.7. The van der Waals surface area contributed by atoms with Crippen molar-refractivity contribution in [2.45, 2.75) is 187 Å². The van der Waals surface area contributed by atoms with Crippen LogP contribution in [-0.2, 0) is 9.59 Å². The van der Waals surface area contributed by atoms with E-state index in [0.29, 0.717) is 12.8 Å². The molecule has 0 aromatic carbocycles. The third kappa shape index (κ3) is 25.9. The molecule has 0 heterocycles. The summed E-state index contributed by atoms with van der Waals surface area (Å²) in [5.74, 6) is 0.210. The number of hydrogen-bond acceptors (Lipinski definition) is 3. The summed E-state index contributed by atoms with van der Waals surface area (Å²) >= 11 is 0. The van der Waals surface area contributed by atoms with Gasteiger partial charge in [-0.05, 0) is 25.7 Å². The van der Waals surface area contributed by atoms with Crippen LogP contribution in [-0.4, -0.2) is 22.8 Å². The molecular formula is C31H60O3. The van der Waals surface area contributed by atoms with Gasteiger partial charge in [0.2, 0.25) is 0 Å². The predicted octanol–water partition coefficient (Wildman–Crippen LogP) is 9.67. The van der Waals surface area contributed by atoms with Crippen LogP contribution in [0.5, 0.6) is 0 Å². The van der Waals surface area contributed by atoms with Crippen LogP contribution in [0.3, 0.4) is 0 Å². The van der Waals surface area contributed by atoms with Crippen LogP contribution < -0.4 is 0 Å².